The number of rotatable bonds is 7. The summed E-state index contributed by atoms with van der Waals surface area (Å²) >= 11 is 1.72. The number of thiophene rings is 1. The van der Waals surface area contributed by atoms with Crippen molar-refractivity contribution >= 4 is 23.3 Å². The monoisotopic (exact) mass is 414 g/mol. The second kappa shape index (κ2) is 8.95. The Morgan fingerprint density at radius 3 is 2.97 bits per heavy atom. The van der Waals surface area contributed by atoms with Gasteiger partial charge in [0.2, 0.25) is 5.95 Å². The summed E-state index contributed by atoms with van der Waals surface area (Å²) in [6.07, 6.45) is 5.81. The SMILES string of the molecule is C=C1CC(Nc2ncc(C)c(-c3ccc(CCCC(=O)OC)s3)n2)CC(C)(C)N1. The Kier molecular flexibility index (Phi) is 6.57. The van der Waals surface area contributed by atoms with Crippen LogP contribution >= 0.6 is 11.3 Å². The Bertz CT molecular complexity index is 891. The number of aryl methyl sites for hydroxylation is 2. The van der Waals surface area contributed by atoms with E-state index >= 15 is 0 Å². The highest BCUT2D eigenvalue weighted by atomic mass is 32.1. The van der Waals surface area contributed by atoms with Gasteiger partial charge in [-0.3, -0.25) is 4.79 Å². The van der Waals surface area contributed by atoms with E-state index in [1.54, 1.807) is 11.3 Å². The van der Waals surface area contributed by atoms with Crippen molar-refractivity contribution in [3.05, 3.63) is 41.0 Å². The third kappa shape index (κ3) is 5.79. The zero-order valence-corrected chi connectivity index (χ0v) is 18.5. The highest BCUT2D eigenvalue weighted by Crippen LogP contribution is 2.31. The Labute approximate surface area is 176 Å². The predicted molar refractivity (Wildman–Crippen MR) is 118 cm³/mol. The van der Waals surface area contributed by atoms with Crippen LogP contribution in [-0.2, 0) is 16.0 Å². The van der Waals surface area contributed by atoms with E-state index in [4.69, 9.17) is 9.72 Å². The summed E-state index contributed by atoms with van der Waals surface area (Å²) < 4.78 is 4.70. The summed E-state index contributed by atoms with van der Waals surface area (Å²) in [4.78, 5) is 23.0. The molecule has 7 heteroatoms. The van der Waals surface area contributed by atoms with Crippen molar-refractivity contribution in [1.29, 1.82) is 0 Å². The smallest absolute Gasteiger partial charge is 0.305 e. The molecule has 1 atom stereocenters. The Morgan fingerprint density at radius 1 is 1.45 bits per heavy atom. The maximum atomic E-state index is 11.3. The lowest BCUT2D eigenvalue weighted by molar-refractivity contribution is -0.140. The molecule has 1 saturated heterocycles. The minimum absolute atomic E-state index is 0.00732. The molecular weight excluding hydrogens is 384 g/mol. The maximum Gasteiger partial charge on any atom is 0.305 e. The molecule has 0 saturated carbocycles. The van der Waals surface area contributed by atoms with Gasteiger partial charge in [0.05, 0.1) is 17.7 Å². The molecule has 2 aromatic heterocycles. The summed E-state index contributed by atoms with van der Waals surface area (Å²) in [5.74, 6) is 0.495. The molecule has 1 unspecified atom stereocenters. The number of esters is 1. The second-order valence-electron chi connectivity index (χ2n) is 8.28. The molecule has 1 fully saturated rings. The minimum atomic E-state index is -0.159. The average molecular weight is 415 g/mol. The summed E-state index contributed by atoms with van der Waals surface area (Å²) in [5, 5.41) is 6.94. The summed E-state index contributed by atoms with van der Waals surface area (Å²) in [6, 6.07) is 4.48. The molecule has 1 aliphatic rings. The second-order valence-corrected chi connectivity index (χ2v) is 9.45. The number of piperidine rings is 1. The van der Waals surface area contributed by atoms with E-state index in [-0.39, 0.29) is 17.6 Å². The number of aromatic nitrogens is 2. The van der Waals surface area contributed by atoms with E-state index in [0.717, 1.165) is 47.5 Å². The molecule has 2 aromatic rings. The number of anilines is 1. The third-order valence-electron chi connectivity index (χ3n) is 5.00. The first-order valence-corrected chi connectivity index (χ1v) is 10.8. The topological polar surface area (TPSA) is 76.1 Å². The van der Waals surface area contributed by atoms with Gasteiger partial charge in [0.25, 0.3) is 0 Å². The summed E-state index contributed by atoms with van der Waals surface area (Å²) in [5.41, 5.74) is 3.06. The van der Waals surface area contributed by atoms with Crippen LogP contribution in [0.1, 0.15) is 50.0 Å². The van der Waals surface area contributed by atoms with Crippen molar-refractivity contribution in [3.63, 3.8) is 0 Å². The predicted octanol–water partition coefficient (Wildman–Crippen LogP) is 4.47. The molecule has 0 aliphatic carbocycles. The van der Waals surface area contributed by atoms with Crippen LogP contribution in [0.25, 0.3) is 10.6 Å². The summed E-state index contributed by atoms with van der Waals surface area (Å²) in [7, 11) is 1.43. The average Bonchev–Trinajstić information content (AvgIpc) is 3.10. The van der Waals surface area contributed by atoms with Crippen LogP contribution in [0.2, 0.25) is 0 Å². The number of carbonyl (C=O) groups is 1. The Balaban J connectivity index is 1.69. The molecule has 6 nitrogen and oxygen atoms in total. The molecule has 3 heterocycles. The van der Waals surface area contributed by atoms with Gasteiger partial charge in [0.15, 0.2) is 0 Å². The van der Waals surface area contributed by atoms with E-state index in [2.05, 4.69) is 48.2 Å². The molecule has 0 aromatic carbocycles. The van der Waals surface area contributed by atoms with Crippen LogP contribution in [0.5, 0.6) is 0 Å². The van der Waals surface area contributed by atoms with Gasteiger partial charge in [0.1, 0.15) is 0 Å². The molecule has 156 valence electrons. The fourth-order valence-corrected chi connectivity index (χ4v) is 4.86. The molecule has 3 rings (SSSR count). The lowest BCUT2D eigenvalue weighted by Crippen LogP contribution is -2.48. The highest BCUT2D eigenvalue weighted by molar-refractivity contribution is 7.15. The fraction of sp³-hybridized carbons (Fsp3) is 0.500. The first-order valence-electron chi connectivity index (χ1n) is 9.98. The van der Waals surface area contributed by atoms with Gasteiger partial charge in [-0.05, 0) is 57.7 Å². The number of nitrogens with one attached hydrogen (secondary N) is 2. The zero-order chi connectivity index (χ0) is 21.0. The molecule has 0 amide bonds. The normalized spacial score (nSPS) is 18.2. The van der Waals surface area contributed by atoms with Gasteiger partial charge in [-0.2, -0.15) is 0 Å². The number of methoxy groups -OCH3 is 1. The van der Waals surface area contributed by atoms with Crippen molar-refractivity contribution in [2.75, 3.05) is 12.4 Å². The zero-order valence-electron chi connectivity index (χ0n) is 17.7. The number of nitrogens with zero attached hydrogens (tertiary/aromatic N) is 2. The Hall–Kier alpha value is -2.41. The molecular formula is C22H30N4O2S. The van der Waals surface area contributed by atoms with Crippen LogP contribution in [-0.4, -0.2) is 34.6 Å². The number of hydrogen-bond acceptors (Lipinski definition) is 7. The fourth-order valence-electron chi connectivity index (χ4n) is 3.76. The lowest BCUT2D eigenvalue weighted by Gasteiger charge is -2.38. The van der Waals surface area contributed by atoms with Crippen LogP contribution in [0.4, 0.5) is 5.95 Å². The minimum Gasteiger partial charge on any atom is -0.469 e. The first kappa shape index (κ1) is 21.3. The van der Waals surface area contributed by atoms with Crippen molar-refractivity contribution in [2.45, 2.75) is 64.5 Å². The van der Waals surface area contributed by atoms with Gasteiger partial charge in [0, 0.05) is 41.2 Å². The van der Waals surface area contributed by atoms with Crippen molar-refractivity contribution in [3.8, 4) is 10.6 Å². The van der Waals surface area contributed by atoms with Crippen LogP contribution in [0.15, 0.2) is 30.6 Å². The quantitative estimate of drug-likeness (QED) is 0.651. The van der Waals surface area contributed by atoms with Gasteiger partial charge < -0.3 is 15.4 Å². The number of carbonyl (C=O) groups excluding carboxylic acids is 1. The Morgan fingerprint density at radius 2 is 2.24 bits per heavy atom. The van der Waals surface area contributed by atoms with Crippen LogP contribution < -0.4 is 10.6 Å². The molecule has 2 N–H and O–H groups in total. The van der Waals surface area contributed by atoms with Gasteiger partial charge >= 0.3 is 5.97 Å². The molecule has 29 heavy (non-hydrogen) atoms. The van der Waals surface area contributed by atoms with Crippen molar-refractivity contribution in [2.24, 2.45) is 0 Å². The van der Waals surface area contributed by atoms with E-state index in [1.165, 1.54) is 12.0 Å². The molecule has 1 aliphatic heterocycles. The van der Waals surface area contributed by atoms with E-state index in [9.17, 15) is 4.79 Å². The van der Waals surface area contributed by atoms with Crippen molar-refractivity contribution < 1.29 is 9.53 Å². The summed E-state index contributed by atoms with van der Waals surface area (Å²) in [6.45, 7) is 10.5. The van der Waals surface area contributed by atoms with E-state index < -0.39 is 0 Å². The highest BCUT2D eigenvalue weighted by Gasteiger charge is 2.29. The van der Waals surface area contributed by atoms with Crippen molar-refractivity contribution in [1.82, 2.24) is 15.3 Å². The van der Waals surface area contributed by atoms with Gasteiger partial charge in [-0.15, -0.1) is 11.3 Å². The molecule has 0 bridgehead atoms. The number of ether oxygens (including phenoxy) is 1. The van der Waals surface area contributed by atoms with Crippen LogP contribution in [0, 0.1) is 6.92 Å². The van der Waals surface area contributed by atoms with Crippen LogP contribution in [0.3, 0.4) is 0 Å². The first-order chi connectivity index (χ1) is 13.8. The van der Waals surface area contributed by atoms with E-state index in [1.807, 2.05) is 13.1 Å². The molecule has 0 spiro atoms. The third-order valence-corrected chi connectivity index (χ3v) is 6.15. The lowest BCUT2D eigenvalue weighted by atomic mass is 9.88. The van der Waals surface area contributed by atoms with Gasteiger partial charge in [-0.1, -0.05) is 6.58 Å². The largest absolute Gasteiger partial charge is 0.469 e. The van der Waals surface area contributed by atoms with E-state index in [0.29, 0.717) is 12.4 Å². The number of hydrogen-bond donors (Lipinski definition) is 2. The maximum absolute atomic E-state index is 11.3. The van der Waals surface area contributed by atoms with Gasteiger partial charge in [-0.25, -0.2) is 9.97 Å². The standard InChI is InChI=1S/C22H30N4O2S/c1-14-13-23-21(24-16-11-15(2)26-22(3,4)12-16)25-20(14)18-10-9-17(29-18)7-6-8-19(27)28-5/h9-10,13,16,26H,2,6-8,11-12H2,1,3-5H3,(H,23,24,25). The molecule has 0 radical (unpaired) electrons.